The van der Waals surface area contributed by atoms with Crippen molar-refractivity contribution in [2.75, 3.05) is 32.5 Å². The molecule has 7 heteroatoms. The van der Waals surface area contributed by atoms with E-state index in [2.05, 4.69) is 21.6 Å². The summed E-state index contributed by atoms with van der Waals surface area (Å²) in [4.78, 5) is 18.6. The lowest BCUT2D eigenvalue weighted by Crippen LogP contribution is -2.42. The molecule has 1 aliphatic carbocycles. The number of nitrogens with two attached hydrogens (primary N) is 1. The number of fused-ring (bicyclic) bond motifs is 1. The van der Waals surface area contributed by atoms with Crippen LogP contribution in [0.1, 0.15) is 69.4 Å². The van der Waals surface area contributed by atoms with Crippen LogP contribution < -0.4 is 10.5 Å². The molecule has 2 heterocycles. The Kier molecular flexibility index (Phi) is 9.69. The van der Waals surface area contributed by atoms with E-state index in [0.29, 0.717) is 5.92 Å². The summed E-state index contributed by atoms with van der Waals surface area (Å²) in [5, 5.41) is 11.4. The highest BCUT2D eigenvalue weighted by molar-refractivity contribution is 7.99. The molecular formula is C28H41N3O3S. The Morgan fingerprint density at radius 2 is 2.06 bits per heavy atom. The minimum Gasteiger partial charge on any atom is -0.497 e. The molecule has 4 rings (SSSR count). The minimum absolute atomic E-state index is 0.108. The summed E-state index contributed by atoms with van der Waals surface area (Å²) in [5.41, 5.74) is 8.68. The third-order valence-electron chi connectivity index (χ3n) is 7.96. The second-order valence-electron chi connectivity index (χ2n) is 10.3. The quantitative estimate of drug-likeness (QED) is 0.422. The predicted octanol–water partition coefficient (Wildman–Crippen LogP) is 5.50. The van der Waals surface area contributed by atoms with E-state index in [4.69, 9.17) is 10.5 Å². The van der Waals surface area contributed by atoms with Crippen LogP contribution in [0.5, 0.6) is 5.75 Å². The second kappa shape index (κ2) is 12.9. The van der Waals surface area contributed by atoms with Crippen LogP contribution in [0.4, 0.5) is 0 Å². The fourth-order valence-corrected chi connectivity index (χ4v) is 7.28. The number of carboxylic acids is 1. The molecule has 1 saturated carbocycles. The highest BCUT2D eigenvalue weighted by Crippen LogP contribution is 2.34. The number of pyridine rings is 1. The van der Waals surface area contributed by atoms with Gasteiger partial charge in [0, 0.05) is 48.1 Å². The molecule has 6 nitrogen and oxygen atoms in total. The van der Waals surface area contributed by atoms with Gasteiger partial charge in [-0.1, -0.05) is 19.3 Å². The van der Waals surface area contributed by atoms with E-state index in [9.17, 15) is 9.90 Å². The normalized spacial score (nSPS) is 22.8. The van der Waals surface area contributed by atoms with Crippen LogP contribution in [0, 0.1) is 11.8 Å². The molecule has 1 aromatic carbocycles. The molecule has 0 radical (unpaired) electrons. The average Bonchev–Trinajstić information content (AvgIpc) is 2.87. The zero-order valence-corrected chi connectivity index (χ0v) is 21.8. The molecule has 1 saturated heterocycles. The van der Waals surface area contributed by atoms with Crippen molar-refractivity contribution < 1.29 is 14.6 Å². The predicted molar refractivity (Wildman–Crippen MR) is 144 cm³/mol. The first-order valence-corrected chi connectivity index (χ1v) is 14.3. The van der Waals surface area contributed by atoms with E-state index in [0.717, 1.165) is 66.4 Å². The summed E-state index contributed by atoms with van der Waals surface area (Å²) in [6, 6.07) is 7.79. The van der Waals surface area contributed by atoms with Crippen molar-refractivity contribution in [3.8, 4) is 5.75 Å². The van der Waals surface area contributed by atoms with Gasteiger partial charge in [0.1, 0.15) is 5.75 Å². The molecule has 0 unspecified atom stereocenters. The van der Waals surface area contributed by atoms with Crippen molar-refractivity contribution in [2.45, 2.75) is 69.1 Å². The van der Waals surface area contributed by atoms with E-state index >= 15 is 0 Å². The van der Waals surface area contributed by atoms with E-state index in [1.165, 1.54) is 37.9 Å². The molecular weight excluding hydrogens is 458 g/mol. The Bertz CT molecular complexity index is 966. The smallest absolute Gasteiger partial charge is 0.303 e. The van der Waals surface area contributed by atoms with Crippen LogP contribution in [0.25, 0.3) is 10.9 Å². The number of thioether (sulfide) groups is 1. The van der Waals surface area contributed by atoms with Crippen molar-refractivity contribution in [3.63, 3.8) is 0 Å². The van der Waals surface area contributed by atoms with E-state index in [-0.39, 0.29) is 18.4 Å². The first-order chi connectivity index (χ1) is 17.0. The number of rotatable bonds is 11. The molecule has 3 atom stereocenters. The van der Waals surface area contributed by atoms with Crippen LogP contribution in [0.2, 0.25) is 0 Å². The van der Waals surface area contributed by atoms with Crippen molar-refractivity contribution in [3.05, 3.63) is 36.0 Å². The van der Waals surface area contributed by atoms with Crippen LogP contribution in [0.15, 0.2) is 30.5 Å². The monoisotopic (exact) mass is 499 g/mol. The lowest BCUT2D eigenvalue weighted by molar-refractivity contribution is -0.139. The van der Waals surface area contributed by atoms with Gasteiger partial charge in [0.25, 0.3) is 0 Å². The lowest BCUT2D eigenvalue weighted by atomic mass is 9.79. The number of benzene rings is 1. The van der Waals surface area contributed by atoms with Crippen LogP contribution >= 0.6 is 11.8 Å². The Balaban J connectivity index is 1.32. The van der Waals surface area contributed by atoms with E-state index in [1.807, 2.05) is 30.5 Å². The molecule has 1 aliphatic heterocycles. The van der Waals surface area contributed by atoms with Crippen molar-refractivity contribution in [1.29, 1.82) is 0 Å². The van der Waals surface area contributed by atoms with Crippen molar-refractivity contribution in [1.82, 2.24) is 9.88 Å². The standard InChI is InChI=1S/C28H41N3O3S/c1-34-22-8-10-27-25(18-22)24(11-13-30-27)26(29)9-7-20-12-14-31(19-21(20)17-28(32)33)15-16-35-23-5-3-2-4-6-23/h8,10-11,13,18,20-21,23,26H,2-7,9,12,14-17,19,29H2,1H3,(H,32,33)/t20-,21+,26+/m1/s1. The summed E-state index contributed by atoms with van der Waals surface area (Å²) < 4.78 is 5.41. The number of hydrogen-bond acceptors (Lipinski definition) is 6. The number of aliphatic carboxylic acids is 1. The highest BCUT2D eigenvalue weighted by Gasteiger charge is 2.31. The Morgan fingerprint density at radius 1 is 1.23 bits per heavy atom. The average molecular weight is 500 g/mol. The molecule has 2 aliphatic rings. The van der Waals surface area contributed by atoms with Crippen LogP contribution in [-0.2, 0) is 4.79 Å². The highest BCUT2D eigenvalue weighted by atomic mass is 32.2. The van der Waals surface area contributed by atoms with Crippen LogP contribution in [-0.4, -0.2) is 58.7 Å². The van der Waals surface area contributed by atoms with Gasteiger partial charge in [-0.05, 0) is 80.3 Å². The number of nitrogens with zero attached hydrogens (tertiary/aromatic N) is 2. The molecule has 1 aromatic heterocycles. The van der Waals surface area contributed by atoms with Gasteiger partial charge >= 0.3 is 5.97 Å². The largest absolute Gasteiger partial charge is 0.497 e. The summed E-state index contributed by atoms with van der Waals surface area (Å²) >= 11 is 2.13. The second-order valence-corrected chi connectivity index (χ2v) is 11.7. The summed E-state index contributed by atoms with van der Waals surface area (Å²) in [7, 11) is 1.67. The molecule has 2 aromatic rings. The van der Waals surface area contributed by atoms with Gasteiger partial charge in [-0.15, -0.1) is 0 Å². The van der Waals surface area contributed by atoms with Gasteiger partial charge in [0.05, 0.1) is 12.6 Å². The molecule has 35 heavy (non-hydrogen) atoms. The minimum atomic E-state index is -0.685. The molecule has 0 spiro atoms. The molecule has 2 fully saturated rings. The molecule has 0 bridgehead atoms. The maximum absolute atomic E-state index is 11.6. The van der Waals surface area contributed by atoms with E-state index < -0.39 is 5.97 Å². The van der Waals surface area contributed by atoms with Crippen LogP contribution in [0.3, 0.4) is 0 Å². The number of piperidine rings is 1. The van der Waals surface area contributed by atoms with Gasteiger partial charge < -0.3 is 20.5 Å². The zero-order chi connectivity index (χ0) is 24.6. The first-order valence-electron chi connectivity index (χ1n) is 13.3. The Hall–Kier alpha value is -1.83. The summed E-state index contributed by atoms with van der Waals surface area (Å²) in [5.74, 6) is 1.88. The number of carbonyl (C=O) groups is 1. The number of likely N-dealkylation sites (tertiary alicyclic amines) is 1. The van der Waals surface area contributed by atoms with Gasteiger partial charge in [0.15, 0.2) is 0 Å². The number of carboxylic acid groups (broad SMARTS) is 1. The van der Waals surface area contributed by atoms with Crippen molar-refractivity contribution in [2.24, 2.45) is 17.6 Å². The third kappa shape index (κ3) is 7.34. The van der Waals surface area contributed by atoms with E-state index in [1.54, 1.807) is 7.11 Å². The Morgan fingerprint density at radius 3 is 2.83 bits per heavy atom. The number of hydrogen-bond donors (Lipinski definition) is 2. The lowest BCUT2D eigenvalue weighted by Gasteiger charge is -2.38. The fraction of sp³-hybridized carbons (Fsp3) is 0.643. The maximum Gasteiger partial charge on any atom is 0.303 e. The fourth-order valence-electron chi connectivity index (χ4n) is 5.92. The molecule has 0 amide bonds. The summed E-state index contributed by atoms with van der Waals surface area (Å²) in [6.07, 6.45) is 11.8. The first kappa shape index (κ1) is 26.2. The van der Waals surface area contributed by atoms with Gasteiger partial charge in [-0.3, -0.25) is 9.78 Å². The Labute approximate surface area is 214 Å². The number of methoxy groups -OCH3 is 1. The number of ether oxygens (including phenoxy) is 1. The number of aromatic nitrogens is 1. The topological polar surface area (TPSA) is 88.7 Å². The van der Waals surface area contributed by atoms with Gasteiger partial charge in [-0.2, -0.15) is 11.8 Å². The van der Waals surface area contributed by atoms with Crippen molar-refractivity contribution >= 4 is 28.6 Å². The summed E-state index contributed by atoms with van der Waals surface area (Å²) in [6.45, 7) is 3.04. The molecule has 192 valence electrons. The van der Waals surface area contributed by atoms with Gasteiger partial charge in [0.2, 0.25) is 0 Å². The molecule has 3 N–H and O–H groups in total. The maximum atomic E-state index is 11.6. The zero-order valence-electron chi connectivity index (χ0n) is 21.0. The third-order valence-corrected chi connectivity index (χ3v) is 9.32. The SMILES string of the molecule is COc1ccc2nccc([C@@H](N)CC[C@@H]3CCN(CCSC4CCCCC4)C[C@@H]3CC(=O)O)c2c1. The van der Waals surface area contributed by atoms with Gasteiger partial charge in [-0.25, -0.2) is 0 Å².